The molecule has 5 nitrogen and oxygen atoms in total. The van der Waals surface area contributed by atoms with Gasteiger partial charge in [-0.2, -0.15) is 0 Å². The summed E-state index contributed by atoms with van der Waals surface area (Å²) in [6.45, 7) is 2.81. The molecular weight excluding hydrogens is 278 g/mol. The molecule has 1 aliphatic rings. The lowest BCUT2D eigenvalue weighted by molar-refractivity contribution is 0.0756. The van der Waals surface area contributed by atoms with Crippen LogP contribution in [0.25, 0.3) is 11.0 Å². The Balaban J connectivity index is 1.97. The van der Waals surface area contributed by atoms with Gasteiger partial charge >= 0.3 is 0 Å². The summed E-state index contributed by atoms with van der Waals surface area (Å²) in [6.07, 6.45) is 0.978. The minimum Gasteiger partial charge on any atom is -0.451 e. The molecule has 3 rings (SSSR count). The van der Waals surface area contributed by atoms with Crippen LogP contribution in [0.3, 0.4) is 0 Å². The molecule has 1 fully saturated rings. The van der Waals surface area contributed by atoms with Gasteiger partial charge in [-0.15, -0.1) is 0 Å². The molecule has 1 saturated heterocycles. The molecule has 1 amide bonds. The molecule has 0 saturated carbocycles. The van der Waals surface area contributed by atoms with Crippen molar-refractivity contribution in [3.05, 3.63) is 35.6 Å². The number of rotatable bonds is 4. The van der Waals surface area contributed by atoms with E-state index in [9.17, 15) is 4.79 Å². The number of benzene rings is 1. The van der Waals surface area contributed by atoms with Crippen LogP contribution in [0.15, 0.2) is 28.7 Å². The maximum absolute atomic E-state index is 12.9. The van der Waals surface area contributed by atoms with Crippen LogP contribution in [0, 0.1) is 5.92 Å². The molecule has 1 aromatic carbocycles. The van der Waals surface area contributed by atoms with Gasteiger partial charge in [-0.3, -0.25) is 4.79 Å². The SMILES string of the molecule is CN(C)Cc1c(C(=O)N2CC[C@H](CN)C2)oc2ccccc12. The van der Waals surface area contributed by atoms with Crippen LogP contribution < -0.4 is 5.73 Å². The minimum absolute atomic E-state index is 0.0102. The average molecular weight is 301 g/mol. The van der Waals surface area contributed by atoms with Crippen molar-refractivity contribution in [2.24, 2.45) is 11.7 Å². The Morgan fingerprint density at radius 1 is 1.41 bits per heavy atom. The molecule has 0 aliphatic carbocycles. The molecule has 1 aromatic heterocycles. The quantitative estimate of drug-likeness (QED) is 0.937. The van der Waals surface area contributed by atoms with Crippen LogP contribution in [-0.4, -0.2) is 49.4 Å². The first kappa shape index (κ1) is 15.1. The number of nitrogens with zero attached hydrogens (tertiary/aromatic N) is 2. The van der Waals surface area contributed by atoms with Crippen molar-refractivity contribution >= 4 is 16.9 Å². The predicted molar refractivity (Wildman–Crippen MR) is 86.7 cm³/mol. The van der Waals surface area contributed by atoms with E-state index in [1.807, 2.05) is 43.3 Å². The first-order chi connectivity index (χ1) is 10.6. The molecule has 0 bridgehead atoms. The van der Waals surface area contributed by atoms with Crippen molar-refractivity contribution in [3.8, 4) is 0 Å². The van der Waals surface area contributed by atoms with Crippen molar-refractivity contribution < 1.29 is 9.21 Å². The molecule has 2 heterocycles. The molecule has 2 N–H and O–H groups in total. The van der Waals surface area contributed by atoms with E-state index in [0.717, 1.165) is 36.0 Å². The lowest BCUT2D eigenvalue weighted by atomic mass is 10.1. The molecule has 22 heavy (non-hydrogen) atoms. The molecule has 118 valence electrons. The molecule has 0 unspecified atom stereocenters. The monoisotopic (exact) mass is 301 g/mol. The van der Waals surface area contributed by atoms with Gasteiger partial charge < -0.3 is 20.0 Å². The first-order valence-electron chi connectivity index (χ1n) is 7.74. The molecule has 1 atom stereocenters. The van der Waals surface area contributed by atoms with Crippen molar-refractivity contribution in [2.45, 2.75) is 13.0 Å². The van der Waals surface area contributed by atoms with Crippen LogP contribution in [-0.2, 0) is 6.54 Å². The van der Waals surface area contributed by atoms with Crippen molar-refractivity contribution in [2.75, 3.05) is 33.7 Å². The van der Waals surface area contributed by atoms with E-state index in [1.54, 1.807) is 0 Å². The molecule has 5 heteroatoms. The van der Waals surface area contributed by atoms with Crippen LogP contribution in [0.4, 0.5) is 0 Å². The highest BCUT2D eigenvalue weighted by atomic mass is 16.3. The summed E-state index contributed by atoms with van der Waals surface area (Å²) in [5.41, 5.74) is 7.47. The van der Waals surface area contributed by atoms with Crippen molar-refractivity contribution in [1.82, 2.24) is 9.80 Å². The highest BCUT2D eigenvalue weighted by Gasteiger charge is 2.30. The van der Waals surface area contributed by atoms with E-state index in [4.69, 9.17) is 10.2 Å². The van der Waals surface area contributed by atoms with Crippen LogP contribution >= 0.6 is 0 Å². The van der Waals surface area contributed by atoms with Gasteiger partial charge in [0, 0.05) is 30.6 Å². The second-order valence-corrected chi connectivity index (χ2v) is 6.29. The molecule has 1 aliphatic heterocycles. The Bertz CT molecular complexity index is 678. The van der Waals surface area contributed by atoms with Gasteiger partial charge in [0.15, 0.2) is 5.76 Å². The summed E-state index contributed by atoms with van der Waals surface area (Å²) in [5.74, 6) is 0.877. The van der Waals surface area contributed by atoms with Crippen molar-refractivity contribution in [1.29, 1.82) is 0 Å². The lowest BCUT2D eigenvalue weighted by Crippen LogP contribution is -2.30. The standard InChI is InChI=1S/C17H23N3O2/c1-19(2)11-14-13-5-3-4-6-15(13)22-16(14)17(21)20-8-7-12(9-18)10-20/h3-6,12H,7-11,18H2,1-2H3/t12-/m1/s1. The van der Waals surface area contributed by atoms with E-state index < -0.39 is 0 Å². The summed E-state index contributed by atoms with van der Waals surface area (Å²) in [6, 6.07) is 7.84. The summed E-state index contributed by atoms with van der Waals surface area (Å²) >= 11 is 0. The summed E-state index contributed by atoms with van der Waals surface area (Å²) in [4.78, 5) is 16.8. The number of fused-ring (bicyclic) bond motifs is 1. The molecular formula is C17H23N3O2. The maximum Gasteiger partial charge on any atom is 0.289 e. The third-order valence-corrected chi connectivity index (χ3v) is 4.27. The number of carbonyl (C=O) groups is 1. The fourth-order valence-corrected chi connectivity index (χ4v) is 3.10. The smallest absolute Gasteiger partial charge is 0.289 e. The number of nitrogens with two attached hydrogens (primary N) is 1. The second kappa shape index (κ2) is 6.10. The molecule has 0 spiro atoms. The van der Waals surface area contributed by atoms with Gasteiger partial charge in [-0.05, 0) is 39.0 Å². The normalized spacial score (nSPS) is 18.5. The Kier molecular flexibility index (Phi) is 4.18. The summed E-state index contributed by atoms with van der Waals surface area (Å²) in [7, 11) is 3.99. The maximum atomic E-state index is 12.9. The topological polar surface area (TPSA) is 62.7 Å². The molecule has 0 radical (unpaired) electrons. The van der Waals surface area contributed by atoms with E-state index in [1.165, 1.54) is 0 Å². The second-order valence-electron chi connectivity index (χ2n) is 6.29. The molecule has 2 aromatic rings. The number of hydrogen-bond acceptors (Lipinski definition) is 4. The van der Waals surface area contributed by atoms with Gasteiger partial charge in [0.05, 0.1) is 0 Å². The lowest BCUT2D eigenvalue weighted by Gasteiger charge is -2.16. The Morgan fingerprint density at radius 2 is 2.18 bits per heavy atom. The summed E-state index contributed by atoms with van der Waals surface area (Å²) < 4.78 is 5.89. The number of furan rings is 1. The fourth-order valence-electron chi connectivity index (χ4n) is 3.10. The van der Waals surface area contributed by atoms with E-state index in [0.29, 0.717) is 24.8 Å². The number of carbonyl (C=O) groups excluding carboxylic acids is 1. The van der Waals surface area contributed by atoms with Gasteiger partial charge in [0.1, 0.15) is 5.58 Å². The Labute approximate surface area is 130 Å². The third kappa shape index (κ3) is 2.74. The van der Waals surface area contributed by atoms with E-state index in [-0.39, 0.29) is 5.91 Å². The van der Waals surface area contributed by atoms with Crippen LogP contribution in [0.5, 0.6) is 0 Å². The number of hydrogen-bond donors (Lipinski definition) is 1. The zero-order chi connectivity index (χ0) is 15.7. The van der Waals surface area contributed by atoms with Gasteiger partial charge in [-0.25, -0.2) is 0 Å². The zero-order valence-corrected chi connectivity index (χ0v) is 13.2. The Hall–Kier alpha value is -1.85. The van der Waals surface area contributed by atoms with Gasteiger partial charge in [-0.1, -0.05) is 18.2 Å². The van der Waals surface area contributed by atoms with Crippen molar-refractivity contribution in [3.63, 3.8) is 0 Å². The number of amides is 1. The zero-order valence-electron chi connectivity index (χ0n) is 13.2. The number of para-hydroxylation sites is 1. The number of likely N-dealkylation sites (tertiary alicyclic amines) is 1. The Morgan fingerprint density at radius 3 is 2.86 bits per heavy atom. The summed E-state index contributed by atoms with van der Waals surface area (Å²) in [5, 5.41) is 1.02. The minimum atomic E-state index is -0.0102. The fraction of sp³-hybridized carbons (Fsp3) is 0.471. The van der Waals surface area contributed by atoms with Gasteiger partial charge in [0.25, 0.3) is 5.91 Å². The highest BCUT2D eigenvalue weighted by Crippen LogP contribution is 2.29. The van der Waals surface area contributed by atoms with E-state index in [2.05, 4.69) is 4.90 Å². The predicted octanol–water partition coefficient (Wildman–Crippen LogP) is 1.92. The van der Waals surface area contributed by atoms with E-state index >= 15 is 0 Å². The first-order valence-corrected chi connectivity index (χ1v) is 7.74. The highest BCUT2D eigenvalue weighted by molar-refractivity contribution is 5.99. The largest absolute Gasteiger partial charge is 0.451 e. The van der Waals surface area contributed by atoms with Gasteiger partial charge in [0.2, 0.25) is 0 Å². The third-order valence-electron chi connectivity index (χ3n) is 4.27. The van der Waals surface area contributed by atoms with Crippen LogP contribution in [0.2, 0.25) is 0 Å². The van der Waals surface area contributed by atoms with Crippen LogP contribution in [0.1, 0.15) is 22.5 Å². The average Bonchev–Trinajstić information content (AvgIpc) is 3.11.